The number of para-hydroxylation sites is 1. The third-order valence-corrected chi connectivity index (χ3v) is 7.88. The van der Waals surface area contributed by atoms with Crippen molar-refractivity contribution in [3.05, 3.63) is 110 Å². The zero-order valence-corrected chi connectivity index (χ0v) is 19.0. The van der Waals surface area contributed by atoms with E-state index in [1.165, 1.54) is 4.90 Å². The Morgan fingerprint density at radius 3 is 2.48 bits per heavy atom. The van der Waals surface area contributed by atoms with E-state index in [1.54, 1.807) is 23.1 Å². The summed E-state index contributed by atoms with van der Waals surface area (Å²) in [6, 6.07) is 24.5. The second kappa shape index (κ2) is 8.21. The van der Waals surface area contributed by atoms with Crippen LogP contribution >= 0.6 is 23.1 Å². The van der Waals surface area contributed by atoms with Gasteiger partial charge in [-0.2, -0.15) is 0 Å². The van der Waals surface area contributed by atoms with Crippen LogP contribution in [0.25, 0.3) is 11.1 Å². The van der Waals surface area contributed by atoms with Crippen LogP contribution in [0.2, 0.25) is 0 Å². The zero-order chi connectivity index (χ0) is 21.4. The van der Waals surface area contributed by atoms with Gasteiger partial charge >= 0.3 is 0 Å². The molecule has 4 aromatic rings. The van der Waals surface area contributed by atoms with Crippen molar-refractivity contribution in [3.63, 3.8) is 0 Å². The first-order valence-electron chi connectivity index (χ1n) is 10.1. The first-order chi connectivity index (χ1) is 15.1. The largest absolute Gasteiger partial charge is 0.337 e. The normalized spacial score (nSPS) is 15.4. The van der Waals surface area contributed by atoms with Gasteiger partial charge in [0.05, 0.1) is 12.2 Å². The van der Waals surface area contributed by atoms with Gasteiger partial charge < -0.3 is 4.90 Å². The van der Waals surface area contributed by atoms with Crippen LogP contribution in [0.1, 0.15) is 11.3 Å². The smallest absolute Gasteiger partial charge is 0.272 e. The maximum Gasteiger partial charge on any atom is 0.272 e. The molecule has 0 bridgehead atoms. The number of aromatic nitrogens is 2. The molecule has 0 spiro atoms. The Morgan fingerprint density at radius 1 is 0.968 bits per heavy atom. The molecule has 31 heavy (non-hydrogen) atoms. The Kier molecular flexibility index (Phi) is 5.26. The number of hydrogen-bond acceptors (Lipinski definition) is 4. The van der Waals surface area contributed by atoms with Crippen molar-refractivity contribution in [1.82, 2.24) is 4.57 Å². The molecule has 1 aliphatic heterocycles. The Morgan fingerprint density at radius 2 is 1.71 bits per heavy atom. The highest BCUT2D eigenvalue weighted by Crippen LogP contribution is 2.44. The Bertz CT molecular complexity index is 1440. The van der Waals surface area contributed by atoms with Crippen molar-refractivity contribution < 1.29 is 4.57 Å². The Balaban J connectivity index is 1.74. The van der Waals surface area contributed by atoms with Gasteiger partial charge in [-0.05, 0) is 23.8 Å². The molecule has 0 radical (unpaired) electrons. The number of pyridine rings is 1. The summed E-state index contributed by atoms with van der Waals surface area (Å²) >= 11 is 3.23. The second-order valence-electron chi connectivity index (χ2n) is 7.46. The van der Waals surface area contributed by atoms with E-state index in [0.717, 1.165) is 31.2 Å². The van der Waals surface area contributed by atoms with Gasteiger partial charge in [0, 0.05) is 30.2 Å². The summed E-state index contributed by atoms with van der Waals surface area (Å²) in [5, 5.41) is 0.995. The molecular weight excluding hydrogens is 422 g/mol. The van der Waals surface area contributed by atoms with E-state index >= 15 is 0 Å². The standard InChI is InChI=1S/C25H22N3OS2/c1-26-15-9-8-12-19(26)16-22-28(17-18-10-4-3-5-11-18)24(29)23(31-22)25-27(2)20-13-6-7-14-21(20)30-25/h3-16H,17H2,1-2H3/q+1/b25-23+. The van der Waals surface area contributed by atoms with Crippen LogP contribution in [-0.2, 0) is 13.6 Å². The number of aryl methyl sites for hydroxylation is 1. The molecule has 2 aromatic heterocycles. The van der Waals surface area contributed by atoms with Crippen molar-refractivity contribution >= 4 is 39.9 Å². The van der Waals surface area contributed by atoms with Gasteiger partial charge in [0.15, 0.2) is 6.20 Å². The number of thiazole rings is 1. The fraction of sp³-hybridized carbons (Fsp3) is 0.120. The number of thioether (sulfide) groups is 1. The molecule has 1 aliphatic rings. The number of rotatable bonds is 3. The predicted octanol–water partition coefficient (Wildman–Crippen LogP) is 2.92. The van der Waals surface area contributed by atoms with Gasteiger partial charge in [0.2, 0.25) is 5.69 Å². The summed E-state index contributed by atoms with van der Waals surface area (Å²) in [6.07, 6.45) is 4.12. The number of benzene rings is 2. The summed E-state index contributed by atoms with van der Waals surface area (Å²) in [5.41, 5.74) is 3.37. The Hall–Kier alpha value is -3.09. The average Bonchev–Trinajstić information content (AvgIpc) is 3.28. The lowest BCUT2D eigenvalue weighted by atomic mass is 10.2. The molecule has 0 amide bonds. The van der Waals surface area contributed by atoms with Crippen LogP contribution in [0.4, 0.5) is 5.69 Å². The van der Waals surface area contributed by atoms with Crippen LogP contribution in [0.3, 0.4) is 0 Å². The van der Waals surface area contributed by atoms with E-state index < -0.39 is 0 Å². The molecule has 0 saturated carbocycles. The summed E-state index contributed by atoms with van der Waals surface area (Å²) in [6.45, 7) is 0.549. The van der Waals surface area contributed by atoms with E-state index in [-0.39, 0.29) is 5.56 Å². The highest BCUT2D eigenvalue weighted by atomic mass is 32.2. The summed E-state index contributed by atoms with van der Waals surface area (Å²) < 4.78 is 5.69. The zero-order valence-electron chi connectivity index (χ0n) is 17.4. The number of fused-ring (bicyclic) bond motifs is 1. The van der Waals surface area contributed by atoms with E-state index in [1.807, 2.05) is 67.3 Å². The first-order valence-corrected chi connectivity index (χ1v) is 11.7. The Labute approximate surface area is 189 Å². The molecule has 5 rings (SSSR count). The fourth-order valence-corrected chi connectivity index (χ4v) is 6.10. The molecule has 3 heterocycles. The molecule has 0 unspecified atom stereocenters. The van der Waals surface area contributed by atoms with Gasteiger partial charge in [-0.15, -0.1) is 11.3 Å². The fourth-order valence-electron chi connectivity index (χ4n) is 3.70. The van der Waals surface area contributed by atoms with E-state index in [4.69, 9.17) is 0 Å². The first kappa shape index (κ1) is 19.8. The lowest BCUT2D eigenvalue weighted by Crippen LogP contribution is -2.35. The maximum absolute atomic E-state index is 13.6. The summed E-state index contributed by atoms with van der Waals surface area (Å²) in [4.78, 5) is 17.0. The molecule has 154 valence electrons. The van der Waals surface area contributed by atoms with Crippen molar-refractivity contribution in [3.8, 4) is 0 Å². The molecule has 0 fully saturated rings. The molecule has 0 N–H and O–H groups in total. The third kappa shape index (κ3) is 3.73. The minimum absolute atomic E-state index is 0.0563. The summed E-state index contributed by atoms with van der Waals surface area (Å²) in [5.74, 6) is 0. The highest BCUT2D eigenvalue weighted by molar-refractivity contribution is 8.08. The van der Waals surface area contributed by atoms with Gasteiger partial charge in [0.1, 0.15) is 21.3 Å². The van der Waals surface area contributed by atoms with Crippen LogP contribution in [0.5, 0.6) is 0 Å². The quantitative estimate of drug-likeness (QED) is 0.455. The molecule has 2 aromatic carbocycles. The molecule has 6 heteroatoms. The van der Waals surface area contributed by atoms with E-state index in [0.29, 0.717) is 6.54 Å². The highest BCUT2D eigenvalue weighted by Gasteiger charge is 2.24. The lowest BCUT2D eigenvalue weighted by Gasteiger charge is -2.11. The van der Waals surface area contributed by atoms with Gasteiger partial charge in [0.25, 0.3) is 5.56 Å². The average molecular weight is 445 g/mol. The molecule has 4 nitrogen and oxygen atoms in total. The molecule has 0 aliphatic carbocycles. The minimum atomic E-state index is 0.0563. The van der Waals surface area contributed by atoms with Crippen molar-refractivity contribution in [2.45, 2.75) is 11.4 Å². The van der Waals surface area contributed by atoms with Crippen molar-refractivity contribution in [2.75, 3.05) is 11.9 Å². The SMILES string of the molecule is CN1/C(=c2\s/c(=C\c3cccc[n+]3C)n(Cc3ccccc3)c2=O)Sc2ccccc21. The van der Waals surface area contributed by atoms with Crippen LogP contribution in [0.15, 0.2) is 88.7 Å². The van der Waals surface area contributed by atoms with Gasteiger partial charge in [-0.3, -0.25) is 9.36 Å². The van der Waals surface area contributed by atoms with Gasteiger partial charge in [-0.1, -0.05) is 54.2 Å². The maximum atomic E-state index is 13.6. The predicted molar refractivity (Wildman–Crippen MR) is 129 cm³/mol. The second-order valence-corrected chi connectivity index (χ2v) is 9.52. The van der Waals surface area contributed by atoms with E-state index in [9.17, 15) is 4.79 Å². The number of anilines is 1. The molecular formula is C25H22N3OS2+. The van der Waals surface area contributed by atoms with Crippen molar-refractivity contribution in [2.24, 2.45) is 7.05 Å². The minimum Gasteiger partial charge on any atom is -0.337 e. The number of hydrogen-bond donors (Lipinski definition) is 0. The monoisotopic (exact) mass is 444 g/mol. The topological polar surface area (TPSA) is 29.1 Å². The van der Waals surface area contributed by atoms with Crippen molar-refractivity contribution in [1.29, 1.82) is 0 Å². The van der Waals surface area contributed by atoms with Crippen LogP contribution < -0.4 is 24.2 Å². The van der Waals surface area contributed by atoms with E-state index in [2.05, 4.69) is 45.9 Å². The third-order valence-electron chi connectivity index (χ3n) is 5.39. The molecule has 0 saturated heterocycles. The number of nitrogens with zero attached hydrogens (tertiary/aromatic N) is 3. The molecule has 0 atom stereocenters. The van der Waals surface area contributed by atoms with Gasteiger partial charge in [-0.25, -0.2) is 4.57 Å². The van der Waals surface area contributed by atoms with Crippen LogP contribution in [0, 0.1) is 0 Å². The summed E-state index contributed by atoms with van der Waals surface area (Å²) in [7, 11) is 4.06. The van der Waals surface area contributed by atoms with Crippen LogP contribution in [-0.4, -0.2) is 11.6 Å². The lowest BCUT2D eigenvalue weighted by molar-refractivity contribution is -0.673.